The lowest BCUT2D eigenvalue weighted by Crippen LogP contribution is -2.46. The molecule has 1 aliphatic rings. The van der Waals surface area contributed by atoms with Crippen LogP contribution in [0.1, 0.15) is 25.8 Å². The van der Waals surface area contributed by atoms with Gasteiger partial charge in [-0.05, 0) is 53.5 Å². The van der Waals surface area contributed by atoms with E-state index < -0.39 is 15.6 Å². The van der Waals surface area contributed by atoms with E-state index in [-0.39, 0.29) is 4.90 Å². The standard InChI is InChI=1S/C14H21BrN2O3S/c1-3-16-9-11-4-5-13(12(15)8-11)21(18,19)17-14(2)6-7-20-10-14/h4-5,8,16-17H,3,6-7,9-10H2,1-2H3. The quantitative estimate of drug-likeness (QED) is 0.796. The van der Waals surface area contributed by atoms with E-state index in [0.717, 1.165) is 12.1 Å². The monoisotopic (exact) mass is 376 g/mol. The molecule has 1 aliphatic heterocycles. The lowest BCUT2D eigenvalue weighted by molar-refractivity contribution is 0.178. The van der Waals surface area contributed by atoms with Gasteiger partial charge in [-0.25, -0.2) is 13.1 Å². The molecule has 0 aromatic heterocycles. The van der Waals surface area contributed by atoms with E-state index in [2.05, 4.69) is 26.0 Å². The van der Waals surface area contributed by atoms with E-state index in [1.54, 1.807) is 6.07 Å². The van der Waals surface area contributed by atoms with E-state index in [4.69, 9.17) is 4.74 Å². The van der Waals surface area contributed by atoms with Crippen LogP contribution >= 0.6 is 15.9 Å². The van der Waals surface area contributed by atoms with Crippen molar-refractivity contribution >= 4 is 26.0 Å². The van der Waals surface area contributed by atoms with Crippen LogP contribution in [0.4, 0.5) is 0 Å². The molecule has 2 N–H and O–H groups in total. The molecule has 1 aromatic rings. The third-order valence-electron chi connectivity index (χ3n) is 3.46. The Balaban J connectivity index is 2.20. The number of hydrogen-bond acceptors (Lipinski definition) is 4. The molecule has 1 unspecified atom stereocenters. The Morgan fingerprint density at radius 1 is 1.43 bits per heavy atom. The number of rotatable bonds is 6. The molecule has 0 saturated carbocycles. The van der Waals surface area contributed by atoms with Gasteiger partial charge in [0, 0.05) is 17.6 Å². The second-order valence-electron chi connectivity index (χ2n) is 5.51. The van der Waals surface area contributed by atoms with E-state index in [0.29, 0.717) is 30.7 Å². The largest absolute Gasteiger partial charge is 0.379 e. The molecule has 0 radical (unpaired) electrons. The van der Waals surface area contributed by atoms with E-state index in [1.807, 2.05) is 26.0 Å². The molecule has 0 amide bonds. The Labute approximate surface area is 134 Å². The van der Waals surface area contributed by atoms with Crippen molar-refractivity contribution in [3.05, 3.63) is 28.2 Å². The first-order valence-electron chi connectivity index (χ1n) is 6.97. The molecule has 7 heteroatoms. The number of ether oxygens (including phenoxy) is 1. The summed E-state index contributed by atoms with van der Waals surface area (Å²) >= 11 is 3.36. The van der Waals surface area contributed by atoms with Crippen molar-refractivity contribution in [3.8, 4) is 0 Å². The SMILES string of the molecule is CCNCc1ccc(S(=O)(=O)NC2(C)CCOC2)c(Br)c1. The van der Waals surface area contributed by atoms with Crippen LogP contribution in [0, 0.1) is 0 Å². The fraction of sp³-hybridized carbons (Fsp3) is 0.571. The molecule has 0 bridgehead atoms. The minimum absolute atomic E-state index is 0.260. The Hall–Kier alpha value is -0.470. The van der Waals surface area contributed by atoms with Gasteiger partial charge in [0.15, 0.2) is 0 Å². The first kappa shape index (κ1) is 16.9. The van der Waals surface area contributed by atoms with Gasteiger partial charge in [-0.2, -0.15) is 0 Å². The lowest BCUT2D eigenvalue weighted by atomic mass is 10.0. The molecule has 1 aromatic carbocycles. The van der Waals surface area contributed by atoms with Crippen LogP contribution in [0.5, 0.6) is 0 Å². The van der Waals surface area contributed by atoms with E-state index in [1.165, 1.54) is 0 Å². The van der Waals surface area contributed by atoms with Crippen molar-refractivity contribution in [2.75, 3.05) is 19.8 Å². The second kappa shape index (κ2) is 6.75. The normalized spacial score (nSPS) is 22.6. The predicted molar refractivity (Wildman–Crippen MR) is 85.7 cm³/mol. The van der Waals surface area contributed by atoms with Gasteiger partial charge in [-0.15, -0.1) is 0 Å². The number of halogens is 1. The maximum atomic E-state index is 12.5. The summed E-state index contributed by atoms with van der Waals surface area (Å²) < 4.78 is 33.7. The Morgan fingerprint density at radius 2 is 2.19 bits per heavy atom. The first-order chi connectivity index (χ1) is 9.86. The average molecular weight is 377 g/mol. The summed E-state index contributed by atoms with van der Waals surface area (Å²) in [6.07, 6.45) is 0.683. The molecule has 118 valence electrons. The fourth-order valence-corrected chi connectivity index (χ4v) is 4.82. The number of hydrogen-bond donors (Lipinski definition) is 2. The highest BCUT2D eigenvalue weighted by Crippen LogP contribution is 2.26. The van der Waals surface area contributed by atoms with Crippen LogP contribution in [0.3, 0.4) is 0 Å². The van der Waals surface area contributed by atoms with Crippen LogP contribution in [-0.2, 0) is 21.3 Å². The van der Waals surface area contributed by atoms with Crippen molar-refractivity contribution in [3.63, 3.8) is 0 Å². The molecule has 0 spiro atoms. The third-order valence-corrected chi connectivity index (χ3v) is 6.08. The van der Waals surface area contributed by atoms with Crippen molar-refractivity contribution < 1.29 is 13.2 Å². The van der Waals surface area contributed by atoms with Gasteiger partial charge in [0.1, 0.15) is 0 Å². The molecular weight excluding hydrogens is 356 g/mol. The van der Waals surface area contributed by atoms with Crippen LogP contribution in [0.15, 0.2) is 27.6 Å². The maximum Gasteiger partial charge on any atom is 0.242 e. The number of sulfonamides is 1. The molecule has 1 saturated heterocycles. The Morgan fingerprint density at radius 3 is 2.76 bits per heavy atom. The van der Waals surface area contributed by atoms with Gasteiger partial charge in [0.2, 0.25) is 10.0 Å². The molecular formula is C14H21BrN2O3S. The molecule has 21 heavy (non-hydrogen) atoms. The molecule has 2 rings (SSSR count). The van der Waals surface area contributed by atoms with Gasteiger partial charge in [0.25, 0.3) is 0 Å². The molecule has 1 heterocycles. The zero-order valence-corrected chi connectivity index (χ0v) is 14.7. The number of benzene rings is 1. The zero-order valence-electron chi connectivity index (χ0n) is 12.3. The van der Waals surface area contributed by atoms with Gasteiger partial charge in [-0.3, -0.25) is 0 Å². The van der Waals surface area contributed by atoms with Crippen LogP contribution in [0.25, 0.3) is 0 Å². The van der Waals surface area contributed by atoms with Crippen molar-refractivity contribution in [1.29, 1.82) is 0 Å². The molecule has 1 atom stereocenters. The first-order valence-corrected chi connectivity index (χ1v) is 9.25. The van der Waals surface area contributed by atoms with Gasteiger partial charge < -0.3 is 10.1 Å². The topological polar surface area (TPSA) is 67.4 Å². The minimum atomic E-state index is -3.57. The van der Waals surface area contributed by atoms with Crippen molar-refractivity contribution in [2.45, 2.75) is 37.2 Å². The number of nitrogens with one attached hydrogen (secondary N) is 2. The van der Waals surface area contributed by atoms with Crippen molar-refractivity contribution in [2.24, 2.45) is 0 Å². The second-order valence-corrected chi connectivity index (χ2v) is 8.02. The highest BCUT2D eigenvalue weighted by Gasteiger charge is 2.35. The summed E-state index contributed by atoms with van der Waals surface area (Å²) in [5.41, 5.74) is 0.513. The summed E-state index contributed by atoms with van der Waals surface area (Å²) in [6, 6.07) is 5.30. The highest BCUT2D eigenvalue weighted by atomic mass is 79.9. The average Bonchev–Trinajstić information content (AvgIpc) is 2.81. The summed E-state index contributed by atoms with van der Waals surface area (Å²) in [5.74, 6) is 0. The highest BCUT2D eigenvalue weighted by molar-refractivity contribution is 9.10. The summed E-state index contributed by atoms with van der Waals surface area (Å²) in [5, 5.41) is 3.21. The van der Waals surface area contributed by atoms with Gasteiger partial charge in [0.05, 0.1) is 17.0 Å². The lowest BCUT2D eigenvalue weighted by Gasteiger charge is -2.23. The summed E-state index contributed by atoms with van der Waals surface area (Å²) in [4.78, 5) is 0.260. The summed E-state index contributed by atoms with van der Waals surface area (Å²) in [7, 11) is -3.57. The predicted octanol–water partition coefficient (Wildman–Crippen LogP) is 2.02. The van der Waals surface area contributed by atoms with Gasteiger partial charge in [-0.1, -0.05) is 13.0 Å². The maximum absolute atomic E-state index is 12.5. The summed E-state index contributed by atoms with van der Waals surface area (Å²) in [6.45, 7) is 6.48. The fourth-order valence-electron chi connectivity index (χ4n) is 2.27. The Kier molecular flexibility index (Phi) is 5.43. The van der Waals surface area contributed by atoms with Crippen LogP contribution in [-0.4, -0.2) is 33.7 Å². The molecule has 0 aliphatic carbocycles. The van der Waals surface area contributed by atoms with Gasteiger partial charge >= 0.3 is 0 Å². The molecule has 1 fully saturated rings. The molecule has 5 nitrogen and oxygen atoms in total. The van der Waals surface area contributed by atoms with Crippen LogP contribution < -0.4 is 10.0 Å². The van der Waals surface area contributed by atoms with E-state index >= 15 is 0 Å². The third kappa shape index (κ3) is 4.26. The zero-order chi connectivity index (χ0) is 15.5. The van der Waals surface area contributed by atoms with Crippen LogP contribution in [0.2, 0.25) is 0 Å². The van der Waals surface area contributed by atoms with E-state index in [9.17, 15) is 8.42 Å². The minimum Gasteiger partial charge on any atom is -0.379 e. The Bertz CT molecular complexity index is 598. The smallest absolute Gasteiger partial charge is 0.242 e. The van der Waals surface area contributed by atoms with Crippen molar-refractivity contribution in [1.82, 2.24) is 10.0 Å².